The molecule has 0 amide bonds. The topological polar surface area (TPSA) is 26.0 Å². The highest BCUT2D eigenvalue weighted by Gasteiger charge is 2.29. The summed E-state index contributed by atoms with van der Waals surface area (Å²) in [5.74, 6) is 0. The number of alkyl halides is 3. The summed E-state index contributed by atoms with van der Waals surface area (Å²) in [6.07, 6.45) is -3.18. The standard InChI is InChI=1S/C10H10F3NS/c11-10(12,13)8-4-1-7(2-5-8)3-6-9(14)15/h1-2,4-5H,3,6H2,(H2,14,15). The Labute approximate surface area is 91.1 Å². The van der Waals surface area contributed by atoms with E-state index in [0.29, 0.717) is 17.8 Å². The highest BCUT2D eigenvalue weighted by Crippen LogP contribution is 2.29. The van der Waals surface area contributed by atoms with E-state index in [0.717, 1.165) is 17.7 Å². The first-order valence-electron chi connectivity index (χ1n) is 4.34. The van der Waals surface area contributed by atoms with E-state index in [-0.39, 0.29) is 0 Å². The van der Waals surface area contributed by atoms with Crippen molar-refractivity contribution < 1.29 is 13.2 Å². The Morgan fingerprint density at radius 2 is 1.73 bits per heavy atom. The van der Waals surface area contributed by atoms with Gasteiger partial charge in [0.05, 0.1) is 10.6 Å². The molecule has 0 aromatic heterocycles. The van der Waals surface area contributed by atoms with Crippen LogP contribution in [0.5, 0.6) is 0 Å². The van der Waals surface area contributed by atoms with E-state index in [9.17, 15) is 13.2 Å². The molecule has 0 saturated carbocycles. The molecule has 0 saturated heterocycles. The van der Waals surface area contributed by atoms with Crippen molar-refractivity contribution in [2.75, 3.05) is 0 Å². The smallest absolute Gasteiger partial charge is 0.393 e. The lowest BCUT2D eigenvalue weighted by Gasteiger charge is -2.07. The van der Waals surface area contributed by atoms with Gasteiger partial charge >= 0.3 is 6.18 Å². The third kappa shape index (κ3) is 3.87. The van der Waals surface area contributed by atoms with Gasteiger partial charge in [0, 0.05) is 6.42 Å². The number of halogens is 3. The van der Waals surface area contributed by atoms with Crippen molar-refractivity contribution in [2.45, 2.75) is 19.0 Å². The monoisotopic (exact) mass is 233 g/mol. The van der Waals surface area contributed by atoms with Gasteiger partial charge in [-0.25, -0.2) is 0 Å². The van der Waals surface area contributed by atoms with Crippen molar-refractivity contribution >= 4 is 17.2 Å². The van der Waals surface area contributed by atoms with Crippen LogP contribution in [-0.2, 0) is 12.6 Å². The molecule has 0 unspecified atom stereocenters. The Morgan fingerprint density at radius 1 is 1.20 bits per heavy atom. The Kier molecular flexibility index (Phi) is 3.68. The van der Waals surface area contributed by atoms with Crippen LogP contribution >= 0.6 is 12.2 Å². The molecule has 0 atom stereocenters. The minimum atomic E-state index is -4.28. The second kappa shape index (κ2) is 4.61. The van der Waals surface area contributed by atoms with Crippen molar-refractivity contribution in [3.05, 3.63) is 35.4 Å². The minimum Gasteiger partial charge on any atom is -0.393 e. The van der Waals surface area contributed by atoms with Gasteiger partial charge in [-0.3, -0.25) is 0 Å². The van der Waals surface area contributed by atoms with E-state index < -0.39 is 11.7 Å². The van der Waals surface area contributed by atoms with Gasteiger partial charge < -0.3 is 5.73 Å². The molecule has 0 radical (unpaired) electrons. The number of hydrogen-bond donors (Lipinski definition) is 1. The average Bonchev–Trinajstić information content (AvgIpc) is 2.14. The van der Waals surface area contributed by atoms with Crippen molar-refractivity contribution in [1.82, 2.24) is 0 Å². The summed E-state index contributed by atoms with van der Waals surface area (Å²) in [4.78, 5) is 0.370. The Bertz CT molecular complexity index is 343. The second-order valence-electron chi connectivity index (χ2n) is 3.16. The van der Waals surface area contributed by atoms with Crippen LogP contribution in [0.15, 0.2) is 24.3 Å². The molecule has 0 fully saturated rings. The van der Waals surface area contributed by atoms with Crippen LogP contribution in [-0.4, -0.2) is 4.99 Å². The fourth-order valence-electron chi connectivity index (χ4n) is 1.13. The molecule has 0 heterocycles. The zero-order valence-corrected chi connectivity index (χ0v) is 8.66. The first kappa shape index (κ1) is 12.0. The van der Waals surface area contributed by atoms with Crippen LogP contribution in [0.4, 0.5) is 13.2 Å². The summed E-state index contributed by atoms with van der Waals surface area (Å²) in [6, 6.07) is 5.02. The van der Waals surface area contributed by atoms with Crippen molar-refractivity contribution in [3.63, 3.8) is 0 Å². The van der Waals surface area contributed by atoms with Crippen molar-refractivity contribution in [3.8, 4) is 0 Å². The molecule has 0 aliphatic rings. The van der Waals surface area contributed by atoms with Crippen LogP contribution in [0.3, 0.4) is 0 Å². The molecule has 1 aromatic carbocycles. The molecular formula is C10H10F3NS. The number of aryl methyl sites for hydroxylation is 1. The fraction of sp³-hybridized carbons (Fsp3) is 0.300. The highest BCUT2D eigenvalue weighted by molar-refractivity contribution is 7.80. The third-order valence-corrected chi connectivity index (χ3v) is 2.15. The van der Waals surface area contributed by atoms with Gasteiger partial charge in [-0.15, -0.1) is 0 Å². The molecule has 5 heteroatoms. The SMILES string of the molecule is NC(=S)CCc1ccc(C(F)(F)F)cc1. The average molecular weight is 233 g/mol. The zero-order chi connectivity index (χ0) is 11.5. The summed E-state index contributed by atoms with van der Waals surface area (Å²) in [5, 5.41) is 0. The van der Waals surface area contributed by atoms with Crippen molar-refractivity contribution in [1.29, 1.82) is 0 Å². The molecule has 0 spiro atoms. The normalized spacial score (nSPS) is 11.4. The minimum absolute atomic E-state index is 0.370. The van der Waals surface area contributed by atoms with Crippen LogP contribution in [0.2, 0.25) is 0 Å². The van der Waals surface area contributed by atoms with Gasteiger partial charge in [0.2, 0.25) is 0 Å². The van der Waals surface area contributed by atoms with Crippen molar-refractivity contribution in [2.24, 2.45) is 5.73 Å². The summed E-state index contributed by atoms with van der Waals surface area (Å²) in [5.41, 5.74) is 5.46. The molecule has 1 rings (SSSR count). The molecule has 2 N–H and O–H groups in total. The second-order valence-corrected chi connectivity index (χ2v) is 3.69. The number of hydrogen-bond acceptors (Lipinski definition) is 1. The molecule has 15 heavy (non-hydrogen) atoms. The van der Waals surface area contributed by atoms with E-state index >= 15 is 0 Å². The first-order chi connectivity index (χ1) is 6.89. The predicted molar refractivity (Wildman–Crippen MR) is 56.6 cm³/mol. The number of rotatable bonds is 3. The van der Waals surface area contributed by atoms with E-state index in [1.165, 1.54) is 12.1 Å². The number of thiocarbonyl (C=S) groups is 1. The van der Waals surface area contributed by atoms with E-state index in [1.54, 1.807) is 0 Å². The maximum Gasteiger partial charge on any atom is 0.416 e. The Morgan fingerprint density at radius 3 is 2.13 bits per heavy atom. The predicted octanol–water partition coefficient (Wildman–Crippen LogP) is 2.92. The maximum absolute atomic E-state index is 12.2. The van der Waals surface area contributed by atoms with Gasteiger partial charge in [-0.2, -0.15) is 13.2 Å². The van der Waals surface area contributed by atoms with Gasteiger partial charge in [0.15, 0.2) is 0 Å². The van der Waals surface area contributed by atoms with E-state index in [4.69, 9.17) is 5.73 Å². The molecule has 1 nitrogen and oxygen atoms in total. The fourth-order valence-corrected chi connectivity index (χ4v) is 1.23. The quantitative estimate of drug-likeness (QED) is 0.812. The van der Waals surface area contributed by atoms with Gasteiger partial charge in [-0.05, 0) is 24.1 Å². The maximum atomic E-state index is 12.2. The van der Waals surface area contributed by atoms with Gasteiger partial charge in [0.1, 0.15) is 0 Å². The molecule has 0 aliphatic heterocycles. The summed E-state index contributed by atoms with van der Waals surface area (Å²) in [7, 11) is 0. The highest BCUT2D eigenvalue weighted by atomic mass is 32.1. The zero-order valence-electron chi connectivity index (χ0n) is 7.84. The lowest BCUT2D eigenvalue weighted by atomic mass is 10.1. The molecule has 0 bridgehead atoms. The lowest BCUT2D eigenvalue weighted by molar-refractivity contribution is -0.137. The molecule has 0 aliphatic carbocycles. The largest absolute Gasteiger partial charge is 0.416 e. The summed E-state index contributed by atoms with van der Waals surface area (Å²) in [6.45, 7) is 0. The summed E-state index contributed by atoms with van der Waals surface area (Å²) >= 11 is 4.68. The van der Waals surface area contributed by atoms with E-state index in [1.807, 2.05) is 0 Å². The lowest BCUT2D eigenvalue weighted by Crippen LogP contribution is -2.09. The van der Waals surface area contributed by atoms with E-state index in [2.05, 4.69) is 12.2 Å². The Hall–Kier alpha value is -1.10. The Balaban J connectivity index is 2.69. The van der Waals surface area contributed by atoms with Gasteiger partial charge in [0.25, 0.3) is 0 Å². The molecule has 82 valence electrons. The summed E-state index contributed by atoms with van der Waals surface area (Å²) < 4.78 is 36.6. The van der Waals surface area contributed by atoms with Crippen LogP contribution < -0.4 is 5.73 Å². The first-order valence-corrected chi connectivity index (χ1v) is 4.75. The van der Waals surface area contributed by atoms with Crippen LogP contribution in [0, 0.1) is 0 Å². The van der Waals surface area contributed by atoms with Gasteiger partial charge in [-0.1, -0.05) is 24.4 Å². The number of benzene rings is 1. The van der Waals surface area contributed by atoms with Crippen LogP contribution in [0.1, 0.15) is 17.5 Å². The number of nitrogens with two attached hydrogens (primary N) is 1. The third-order valence-electron chi connectivity index (χ3n) is 1.94. The van der Waals surface area contributed by atoms with Crippen LogP contribution in [0.25, 0.3) is 0 Å². The molecular weight excluding hydrogens is 223 g/mol. The molecule has 1 aromatic rings.